The van der Waals surface area contributed by atoms with Crippen molar-refractivity contribution in [3.05, 3.63) is 0 Å². The molecule has 1 heterocycles. The van der Waals surface area contributed by atoms with Crippen molar-refractivity contribution in [1.82, 2.24) is 20.9 Å². The number of hydrogen-bond acceptors (Lipinski definition) is 6. The number of rotatable bonds is 6. The highest BCUT2D eigenvalue weighted by Crippen LogP contribution is 2.35. The summed E-state index contributed by atoms with van der Waals surface area (Å²) in [4.78, 5) is 60.8. The Balaban J connectivity index is 1.78. The van der Waals surface area contributed by atoms with E-state index in [2.05, 4.69) is 16.0 Å². The number of carbonyl (C=O) groups excluding carboxylic acids is 5. The van der Waals surface area contributed by atoms with Gasteiger partial charge in [0.1, 0.15) is 5.54 Å². The van der Waals surface area contributed by atoms with Crippen LogP contribution in [0.2, 0.25) is 0 Å². The number of esters is 1. The van der Waals surface area contributed by atoms with E-state index in [9.17, 15) is 24.0 Å². The molecule has 150 valence electrons. The zero-order valence-electron chi connectivity index (χ0n) is 15.8. The summed E-state index contributed by atoms with van der Waals surface area (Å²) in [6.45, 7) is 4.68. The number of amides is 6. The number of nitrogens with one attached hydrogen (secondary N) is 3. The lowest BCUT2D eigenvalue weighted by Crippen LogP contribution is -2.46. The Bertz CT molecular complexity index is 641. The van der Waals surface area contributed by atoms with Crippen molar-refractivity contribution in [2.24, 2.45) is 0 Å². The lowest BCUT2D eigenvalue weighted by atomic mass is 9.98. The second-order valence-corrected chi connectivity index (χ2v) is 7.18. The van der Waals surface area contributed by atoms with E-state index in [0.29, 0.717) is 12.8 Å². The molecule has 1 saturated heterocycles. The van der Waals surface area contributed by atoms with E-state index in [1.807, 2.05) is 0 Å². The number of imide groups is 2. The molecule has 2 aliphatic rings. The summed E-state index contributed by atoms with van der Waals surface area (Å²) < 4.78 is 4.96. The summed E-state index contributed by atoms with van der Waals surface area (Å²) in [6, 6.07) is -1.34. The fourth-order valence-corrected chi connectivity index (χ4v) is 3.22. The SMILES string of the molecule is CC(C)NC(=O)NC(=O)[C@H](C)OC(=O)CCN1C(=O)NC2(CCCC2)C1=O. The number of hydrogen-bond donors (Lipinski definition) is 3. The first kappa shape index (κ1) is 20.7. The Morgan fingerprint density at radius 3 is 2.41 bits per heavy atom. The van der Waals surface area contributed by atoms with E-state index in [-0.39, 0.29) is 24.9 Å². The summed E-state index contributed by atoms with van der Waals surface area (Å²) in [5.74, 6) is -1.81. The molecule has 0 radical (unpaired) electrons. The smallest absolute Gasteiger partial charge is 0.325 e. The van der Waals surface area contributed by atoms with Crippen LogP contribution in [0.5, 0.6) is 0 Å². The zero-order valence-corrected chi connectivity index (χ0v) is 15.8. The first-order valence-electron chi connectivity index (χ1n) is 9.09. The maximum Gasteiger partial charge on any atom is 0.325 e. The van der Waals surface area contributed by atoms with Gasteiger partial charge < -0.3 is 15.4 Å². The van der Waals surface area contributed by atoms with Crippen molar-refractivity contribution in [2.45, 2.75) is 70.6 Å². The maximum atomic E-state index is 12.5. The predicted octanol–water partition coefficient (Wildman–Crippen LogP) is 0.407. The van der Waals surface area contributed by atoms with Crippen LogP contribution in [0.4, 0.5) is 9.59 Å². The van der Waals surface area contributed by atoms with Crippen molar-refractivity contribution in [2.75, 3.05) is 6.54 Å². The van der Waals surface area contributed by atoms with Crippen molar-refractivity contribution in [3.8, 4) is 0 Å². The van der Waals surface area contributed by atoms with E-state index in [4.69, 9.17) is 4.74 Å². The summed E-state index contributed by atoms with van der Waals surface area (Å²) in [5.41, 5.74) is -0.821. The molecule has 6 amide bonds. The monoisotopic (exact) mass is 382 g/mol. The first-order valence-corrected chi connectivity index (χ1v) is 9.09. The lowest BCUT2D eigenvalue weighted by Gasteiger charge is -2.20. The molecule has 1 spiro atoms. The minimum absolute atomic E-state index is 0.118. The lowest BCUT2D eigenvalue weighted by molar-refractivity contribution is -0.154. The molecule has 2 fully saturated rings. The maximum absolute atomic E-state index is 12.5. The van der Waals surface area contributed by atoms with Gasteiger partial charge >= 0.3 is 18.0 Å². The molecule has 27 heavy (non-hydrogen) atoms. The van der Waals surface area contributed by atoms with E-state index in [1.165, 1.54) is 6.92 Å². The van der Waals surface area contributed by atoms with Crippen molar-refractivity contribution in [3.63, 3.8) is 0 Å². The molecule has 1 saturated carbocycles. The van der Waals surface area contributed by atoms with Crippen LogP contribution in [0.3, 0.4) is 0 Å². The minimum atomic E-state index is -1.18. The van der Waals surface area contributed by atoms with E-state index in [0.717, 1.165) is 17.7 Å². The second kappa shape index (κ2) is 8.36. The van der Waals surface area contributed by atoms with E-state index >= 15 is 0 Å². The van der Waals surface area contributed by atoms with Crippen LogP contribution in [0.15, 0.2) is 0 Å². The molecular formula is C17H26N4O6. The third kappa shape index (κ3) is 4.95. The summed E-state index contributed by atoms with van der Waals surface area (Å²) in [6.07, 6.45) is 1.55. The molecule has 1 aliphatic carbocycles. The van der Waals surface area contributed by atoms with Gasteiger partial charge in [-0.05, 0) is 33.6 Å². The Morgan fingerprint density at radius 1 is 1.19 bits per heavy atom. The van der Waals surface area contributed by atoms with Crippen LogP contribution in [0.1, 0.15) is 52.9 Å². The Hall–Kier alpha value is -2.65. The van der Waals surface area contributed by atoms with Gasteiger partial charge in [-0.25, -0.2) is 9.59 Å². The Labute approximate surface area is 157 Å². The van der Waals surface area contributed by atoms with Gasteiger partial charge in [-0.1, -0.05) is 12.8 Å². The fourth-order valence-electron chi connectivity index (χ4n) is 3.22. The van der Waals surface area contributed by atoms with Crippen LogP contribution in [0.25, 0.3) is 0 Å². The summed E-state index contributed by atoms with van der Waals surface area (Å²) in [7, 11) is 0. The zero-order chi connectivity index (χ0) is 20.2. The largest absolute Gasteiger partial charge is 0.452 e. The second-order valence-electron chi connectivity index (χ2n) is 7.18. The normalized spacial score (nSPS) is 19.2. The number of carbonyl (C=O) groups is 5. The molecule has 0 unspecified atom stereocenters. The quantitative estimate of drug-likeness (QED) is 0.450. The molecule has 3 N–H and O–H groups in total. The first-order chi connectivity index (χ1) is 12.6. The van der Waals surface area contributed by atoms with Crippen LogP contribution in [0, 0.1) is 0 Å². The molecule has 1 atom stereocenters. The van der Waals surface area contributed by atoms with Gasteiger partial charge in [0.25, 0.3) is 11.8 Å². The highest BCUT2D eigenvalue weighted by molar-refractivity contribution is 6.07. The van der Waals surface area contributed by atoms with Crippen molar-refractivity contribution >= 4 is 29.8 Å². The van der Waals surface area contributed by atoms with Crippen molar-refractivity contribution < 1.29 is 28.7 Å². The molecule has 10 nitrogen and oxygen atoms in total. The minimum Gasteiger partial charge on any atom is -0.452 e. The number of nitrogens with zero attached hydrogens (tertiary/aromatic N) is 1. The van der Waals surface area contributed by atoms with Gasteiger partial charge in [0.2, 0.25) is 0 Å². The molecule has 2 rings (SSSR count). The molecule has 10 heteroatoms. The summed E-state index contributed by atoms with van der Waals surface area (Å²) in [5, 5.41) is 7.27. The van der Waals surface area contributed by atoms with Crippen LogP contribution >= 0.6 is 0 Å². The molecule has 0 aromatic heterocycles. The fraction of sp³-hybridized carbons (Fsp3) is 0.706. The highest BCUT2D eigenvalue weighted by atomic mass is 16.5. The third-order valence-electron chi connectivity index (χ3n) is 4.58. The van der Waals surface area contributed by atoms with Gasteiger partial charge in [0.05, 0.1) is 6.42 Å². The standard InChI is InChI=1S/C17H26N4O6/c1-10(2)18-15(25)19-13(23)11(3)27-12(22)6-9-21-14(24)17(20-16(21)26)7-4-5-8-17/h10-11H,4-9H2,1-3H3,(H,20,26)(H2,18,19,23,25)/t11-/m0/s1. The molecule has 0 aromatic rings. The highest BCUT2D eigenvalue weighted by Gasteiger charge is 2.52. The number of urea groups is 2. The summed E-state index contributed by atoms with van der Waals surface area (Å²) >= 11 is 0. The van der Waals surface area contributed by atoms with Crippen LogP contribution in [-0.2, 0) is 19.1 Å². The Morgan fingerprint density at radius 2 is 1.81 bits per heavy atom. The van der Waals surface area contributed by atoms with Gasteiger partial charge in [-0.3, -0.25) is 24.6 Å². The number of ether oxygens (including phenoxy) is 1. The molecule has 0 bridgehead atoms. The topological polar surface area (TPSA) is 134 Å². The molecule has 0 aromatic carbocycles. The molecule has 1 aliphatic heterocycles. The van der Waals surface area contributed by atoms with Crippen LogP contribution < -0.4 is 16.0 Å². The van der Waals surface area contributed by atoms with Crippen LogP contribution in [-0.4, -0.2) is 59.0 Å². The van der Waals surface area contributed by atoms with Gasteiger partial charge in [-0.15, -0.1) is 0 Å². The predicted molar refractivity (Wildman–Crippen MR) is 93.4 cm³/mol. The van der Waals surface area contributed by atoms with Gasteiger partial charge in [-0.2, -0.15) is 0 Å². The molecular weight excluding hydrogens is 356 g/mol. The van der Waals surface area contributed by atoms with E-state index in [1.54, 1.807) is 13.8 Å². The van der Waals surface area contributed by atoms with Gasteiger partial charge in [0, 0.05) is 12.6 Å². The average Bonchev–Trinajstić information content (AvgIpc) is 3.11. The van der Waals surface area contributed by atoms with E-state index < -0.39 is 35.6 Å². The van der Waals surface area contributed by atoms with Crippen molar-refractivity contribution in [1.29, 1.82) is 0 Å². The van der Waals surface area contributed by atoms with Gasteiger partial charge in [0.15, 0.2) is 6.10 Å². The Kier molecular flexibility index (Phi) is 6.40. The average molecular weight is 382 g/mol. The third-order valence-corrected chi connectivity index (χ3v) is 4.58.